The first kappa shape index (κ1) is 25.0. The first-order valence-corrected chi connectivity index (χ1v) is 13.1. The zero-order valence-corrected chi connectivity index (χ0v) is 22.1. The van der Waals surface area contributed by atoms with E-state index in [2.05, 4.69) is 58.0 Å². The molecule has 35 heavy (non-hydrogen) atoms. The summed E-state index contributed by atoms with van der Waals surface area (Å²) in [5.41, 5.74) is 6.61. The van der Waals surface area contributed by atoms with Gasteiger partial charge < -0.3 is 14.6 Å². The van der Waals surface area contributed by atoms with Crippen LogP contribution in [0.1, 0.15) is 65.3 Å². The van der Waals surface area contributed by atoms with E-state index in [4.69, 9.17) is 9.73 Å². The fraction of sp³-hybridized carbons (Fsp3) is 0.483. The number of fused-ring (bicyclic) bond motifs is 2. The van der Waals surface area contributed by atoms with Gasteiger partial charge in [0.1, 0.15) is 24.0 Å². The van der Waals surface area contributed by atoms with E-state index in [0.29, 0.717) is 18.4 Å². The van der Waals surface area contributed by atoms with Crippen LogP contribution in [0.3, 0.4) is 0 Å². The number of nitrogens with one attached hydrogen (secondary N) is 1. The van der Waals surface area contributed by atoms with Crippen molar-refractivity contribution in [1.82, 2.24) is 19.9 Å². The van der Waals surface area contributed by atoms with Crippen LogP contribution in [0.4, 0.5) is 0 Å². The van der Waals surface area contributed by atoms with Crippen LogP contribution in [0, 0.1) is 18.8 Å². The molecule has 3 aromatic rings. The van der Waals surface area contributed by atoms with Gasteiger partial charge in [-0.15, -0.1) is 0 Å². The average molecular weight is 474 g/mol. The van der Waals surface area contributed by atoms with E-state index >= 15 is 0 Å². The maximum absolute atomic E-state index is 6.16. The Hall–Kier alpha value is -3.15. The summed E-state index contributed by atoms with van der Waals surface area (Å²) in [6, 6.07) is 8.58. The summed E-state index contributed by atoms with van der Waals surface area (Å²) >= 11 is 0. The molecule has 1 aliphatic heterocycles. The summed E-state index contributed by atoms with van der Waals surface area (Å²) in [4.78, 5) is 19.6. The molecular formula is C29H39N5O. The molecule has 186 valence electrons. The second kappa shape index (κ2) is 11.1. The van der Waals surface area contributed by atoms with Crippen molar-refractivity contribution in [2.24, 2.45) is 16.8 Å². The topological polar surface area (TPSA) is 66.4 Å². The number of ether oxygens (including phenoxy) is 1. The van der Waals surface area contributed by atoms with Crippen LogP contribution < -0.4 is 4.74 Å². The van der Waals surface area contributed by atoms with Crippen molar-refractivity contribution in [3.05, 3.63) is 53.2 Å². The molecule has 0 saturated heterocycles. The van der Waals surface area contributed by atoms with Crippen LogP contribution in [-0.4, -0.2) is 39.2 Å². The molecule has 0 radical (unpaired) electrons. The third kappa shape index (κ3) is 5.42. The van der Waals surface area contributed by atoms with Crippen molar-refractivity contribution in [3.63, 3.8) is 0 Å². The van der Waals surface area contributed by atoms with Crippen molar-refractivity contribution >= 4 is 17.4 Å². The number of H-pyrrole nitrogens is 1. The molecular weight excluding hydrogens is 434 g/mol. The molecule has 1 fully saturated rings. The Kier molecular flexibility index (Phi) is 7.89. The second-order valence-electron chi connectivity index (χ2n) is 9.53. The first-order chi connectivity index (χ1) is 17.0. The average Bonchev–Trinajstić information content (AvgIpc) is 3.11. The quantitative estimate of drug-likeness (QED) is 0.420. The van der Waals surface area contributed by atoms with E-state index in [9.17, 15) is 0 Å². The van der Waals surface area contributed by atoms with Gasteiger partial charge in [-0.05, 0) is 74.3 Å². The normalized spacial score (nSPS) is 21.7. The SMILES string of the molecule is C/C=N\C(=C1\CC(C)CCC1C)N1CCOc2ccc(-c3cnc4nc(C)[nH]c4c3)cc2C1.CC. The summed E-state index contributed by atoms with van der Waals surface area (Å²) in [6.07, 6.45) is 7.52. The summed E-state index contributed by atoms with van der Waals surface area (Å²) in [6.45, 7) is 15.0. The second-order valence-corrected chi connectivity index (χ2v) is 9.53. The Morgan fingerprint density at radius 1 is 1.17 bits per heavy atom. The van der Waals surface area contributed by atoms with Crippen LogP contribution >= 0.6 is 0 Å². The van der Waals surface area contributed by atoms with Gasteiger partial charge in [-0.25, -0.2) is 15.0 Å². The number of hydrogen-bond donors (Lipinski definition) is 1. The van der Waals surface area contributed by atoms with Gasteiger partial charge in [0, 0.05) is 30.1 Å². The highest BCUT2D eigenvalue weighted by Crippen LogP contribution is 2.38. The van der Waals surface area contributed by atoms with Crippen LogP contribution in [-0.2, 0) is 6.54 Å². The van der Waals surface area contributed by atoms with E-state index in [-0.39, 0.29) is 0 Å². The Morgan fingerprint density at radius 3 is 2.80 bits per heavy atom. The number of pyridine rings is 1. The van der Waals surface area contributed by atoms with Gasteiger partial charge in [-0.3, -0.25) is 0 Å². The molecule has 1 aromatic carbocycles. The fourth-order valence-corrected chi connectivity index (χ4v) is 5.12. The Balaban J connectivity index is 0.00000141. The molecule has 2 aromatic heterocycles. The molecule has 1 N–H and O–H groups in total. The number of aliphatic imine (C=N–C) groups is 1. The van der Waals surface area contributed by atoms with Crippen LogP contribution in [0.25, 0.3) is 22.3 Å². The summed E-state index contributed by atoms with van der Waals surface area (Å²) < 4.78 is 6.16. The number of aromatic amines is 1. The number of allylic oxidation sites excluding steroid dienone is 1. The largest absolute Gasteiger partial charge is 0.491 e. The highest BCUT2D eigenvalue weighted by molar-refractivity contribution is 5.78. The van der Waals surface area contributed by atoms with Gasteiger partial charge in [-0.2, -0.15) is 0 Å². The molecule has 1 saturated carbocycles. The lowest BCUT2D eigenvalue weighted by Gasteiger charge is -2.32. The van der Waals surface area contributed by atoms with Gasteiger partial charge in [0.05, 0.1) is 12.1 Å². The number of imidazole rings is 1. The highest BCUT2D eigenvalue weighted by atomic mass is 16.5. The third-order valence-corrected chi connectivity index (χ3v) is 6.92. The summed E-state index contributed by atoms with van der Waals surface area (Å²) in [5.74, 6) is 4.28. The molecule has 5 rings (SSSR count). The molecule has 0 spiro atoms. The predicted molar refractivity (Wildman–Crippen MR) is 145 cm³/mol. The number of aromatic nitrogens is 3. The van der Waals surface area contributed by atoms with Crippen molar-refractivity contribution in [2.45, 2.75) is 67.3 Å². The van der Waals surface area contributed by atoms with E-state index < -0.39 is 0 Å². The number of aryl methyl sites for hydroxylation is 1. The van der Waals surface area contributed by atoms with Crippen LogP contribution in [0.5, 0.6) is 5.75 Å². The molecule has 6 nitrogen and oxygen atoms in total. The van der Waals surface area contributed by atoms with E-state index in [1.165, 1.54) is 24.0 Å². The van der Waals surface area contributed by atoms with Gasteiger partial charge in [-0.1, -0.05) is 33.8 Å². The number of rotatable bonds is 3. The molecule has 0 amide bonds. The number of hydrogen-bond acceptors (Lipinski definition) is 5. The van der Waals surface area contributed by atoms with Crippen molar-refractivity contribution in [2.75, 3.05) is 13.2 Å². The summed E-state index contributed by atoms with van der Waals surface area (Å²) in [5, 5.41) is 0. The maximum Gasteiger partial charge on any atom is 0.177 e. The molecule has 2 aliphatic rings. The van der Waals surface area contributed by atoms with Crippen molar-refractivity contribution < 1.29 is 4.74 Å². The minimum absolute atomic E-state index is 0.575. The van der Waals surface area contributed by atoms with E-state index in [0.717, 1.165) is 59.2 Å². The van der Waals surface area contributed by atoms with Crippen molar-refractivity contribution in [3.8, 4) is 16.9 Å². The lowest BCUT2D eigenvalue weighted by Crippen LogP contribution is -2.28. The maximum atomic E-state index is 6.16. The van der Waals surface area contributed by atoms with Gasteiger partial charge in [0.25, 0.3) is 0 Å². The van der Waals surface area contributed by atoms with Gasteiger partial charge >= 0.3 is 0 Å². The van der Waals surface area contributed by atoms with E-state index in [1.807, 2.05) is 40.1 Å². The van der Waals surface area contributed by atoms with E-state index in [1.54, 1.807) is 0 Å². The Bertz CT molecular complexity index is 1230. The predicted octanol–water partition coefficient (Wildman–Crippen LogP) is 6.91. The minimum Gasteiger partial charge on any atom is -0.491 e. The monoisotopic (exact) mass is 473 g/mol. The Morgan fingerprint density at radius 2 is 2.00 bits per heavy atom. The highest BCUT2D eigenvalue weighted by Gasteiger charge is 2.27. The number of benzene rings is 1. The number of nitrogens with zero attached hydrogens (tertiary/aromatic N) is 4. The molecule has 2 unspecified atom stereocenters. The molecule has 0 bridgehead atoms. The molecule has 2 atom stereocenters. The lowest BCUT2D eigenvalue weighted by atomic mass is 9.79. The van der Waals surface area contributed by atoms with Crippen LogP contribution in [0.2, 0.25) is 0 Å². The Labute approximate surface area is 209 Å². The lowest BCUT2D eigenvalue weighted by molar-refractivity contribution is 0.254. The molecule has 1 aliphatic carbocycles. The standard InChI is InChI=1S/C27H33N5O.C2H6/c1-5-28-27(23-12-17(2)6-7-18(23)3)32-10-11-33-25-9-8-20(13-22(25)16-32)21-14-24-26(29-15-21)31-19(4)30-24;1-2/h5,8-9,13-15,17-18H,6-7,10-12,16H2,1-4H3,(H,29,30,31);1-2H3/b27-23+,28-5-;. The first-order valence-electron chi connectivity index (χ1n) is 13.1. The smallest absolute Gasteiger partial charge is 0.177 e. The summed E-state index contributed by atoms with van der Waals surface area (Å²) in [7, 11) is 0. The molecule has 6 heteroatoms. The minimum atomic E-state index is 0.575. The zero-order valence-electron chi connectivity index (χ0n) is 22.1. The third-order valence-electron chi connectivity index (χ3n) is 6.92. The fourth-order valence-electron chi connectivity index (χ4n) is 5.12. The van der Waals surface area contributed by atoms with Crippen LogP contribution in [0.15, 0.2) is 46.8 Å². The zero-order chi connectivity index (χ0) is 24.9. The van der Waals surface area contributed by atoms with Gasteiger partial charge in [0.2, 0.25) is 0 Å². The van der Waals surface area contributed by atoms with Crippen molar-refractivity contribution in [1.29, 1.82) is 0 Å². The van der Waals surface area contributed by atoms with Gasteiger partial charge in [0.15, 0.2) is 5.65 Å². The molecule has 3 heterocycles.